The van der Waals surface area contributed by atoms with Gasteiger partial charge in [0.05, 0.1) is 0 Å². The third-order valence-corrected chi connectivity index (χ3v) is 5.92. The molecule has 0 amide bonds. The molecule has 1 aliphatic rings. The summed E-state index contributed by atoms with van der Waals surface area (Å²) in [7, 11) is -2.87. The van der Waals surface area contributed by atoms with Crippen molar-refractivity contribution in [1.29, 1.82) is 0 Å². The first-order chi connectivity index (χ1) is 9.75. The second kappa shape index (κ2) is 7.08. The largest absolute Gasteiger partial charge is 0.537 e. The van der Waals surface area contributed by atoms with Crippen LogP contribution in [0.3, 0.4) is 0 Å². The molecule has 0 saturated carbocycles. The molecule has 0 N–H and O–H groups in total. The van der Waals surface area contributed by atoms with Crippen LogP contribution in [0.5, 0.6) is 11.5 Å². The fourth-order valence-corrected chi connectivity index (χ4v) is 4.66. The molecule has 0 aliphatic carbocycles. The molecule has 0 aromatic heterocycles. The van der Waals surface area contributed by atoms with Crippen molar-refractivity contribution in [3.05, 3.63) is 18.2 Å². The fourth-order valence-electron chi connectivity index (χ4n) is 2.18. The van der Waals surface area contributed by atoms with Crippen molar-refractivity contribution in [1.82, 2.24) is 0 Å². The van der Waals surface area contributed by atoms with E-state index in [1.54, 1.807) is 0 Å². The van der Waals surface area contributed by atoms with E-state index in [2.05, 4.69) is 0 Å². The summed E-state index contributed by atoms with van der Waals surface area (Å²) in [6.45, 7) is 8.59. The average Bonchev–Trinajstić information content (AvgIpc) is 2.47. The van der Waals surface area contributed by atoms with Gasteiger partial charge < -0.3 is 22.8 Å². The zero-order chi connectivity index (χ0) is 14.4. The second-order valence-electron chi connectivity index (χ2n) is 4.21. The third kappa shape index (κ3) is 3.14. The molecule has 0 bridgehead atoms. The van der Waals surface area contributed by atoms with Crippen molar-refractivity contribution in [3.8, 4) is 11.5 Å². The van der Waals surface area contributed by atoms with Crippen LogP contribution in [-0.4, -0.2) is 41.8 Å². The lowest BCUT2D eigenvalue weighted by Gasteiger charge is -2.29. The first kappa shape index (κ1) is 15.3. The standard InChI is InChI=1S/C14H22O5Si/c1-4-17-20(18-5-2,19-6-3)12-7-8-13-14(11-12)16-10-9-15-13/h7-8,11H,4-6,9-10H2,1-3H3. The smallest absolute Gasteiger partial charge is 0.486 e. The van der Waals surface area contributed by atoms with Gasteiger partial charge in [0.1, 0.15) is 13.2 Å². The van der Waals surface area contributed by atoms with E-state index in [1.807, 2.05) is 39.0 Å². The van der Waals surface area contributed by atoms with E-state index in [4.69, 9.17) is 22.8 Å². The normalized spacial score (nSPS) is 14.3. The summed E-state index contributed by atoms with van der Waals surface area (Å²) in [5.41, 5.74) is 0. The summed E-state index contributed by atoms with van der Waals surface area (Å²) < 4.78 is 28.8. The predicted molar refractivity (Wildman–Crippen MR) is 77.7 cm³/mol. The highest BCUT2D eigenvalue weighted by atomic mass is 28.4. The number of fused-ring (bicyclic) bond motifs is 1. The van der Waals surface area contributed by atoms with Gasteiger partial charge in [-0.1, -0.05) is 6.07 Å². The van der Waals surface area contributed by atoms with E-state index in [1.165, 1.54) is 0 Å². The number of hydrogen-bond acceptors (Lipinski definition) is 5. The monoisotopic (exact) mass is 298 g/mol. The third-order valence-electron chi connectivity index (χ3n) is 2.90. The molecule has 1 aliphatic heterocycles. The average molecular weight is 298 g/mol. The molecule has 1 heterocycles. The van der Waals surface area contributed by atoms with Crippen molar-refractivity contribution >= 4 is 14.0 Å². The minimum absolute atomic E-state index is 0.542. The van der Waals surface area contributed by atoms with Gasteiger partial charge in [0.2, 0.25) is 0 Å². The van der Waals surface area contributed by atoms with Crippen molar-refractivity contribution < 1.29 is 22.8 Å². The molecule has 0 atom stereocenters. The van der Waals surface area contributed by atoms with Gasteiger partial charge >= 0.3 is 8.80 Å². The fraction of sp³-hybridized carbons (Fsp3) is 0.571. The first-order valence-corrected chi connectivity index (χ1v) is 8.80. The molecule has 0 saturated heterocycles. The Labute approximate surface area is 121 Å². The maximum atomic E-state index is 5.89. The molecule has 6 heteroatoms. The Balaban J connectivity index is 2.36. The maximum absolute atomic E-state index is 5.89. The highest BCUT2D eigenvalue weighted by molar-refractivity contribution is 6.75. The highest BCUT2D eigenvalue weighted by Crippen LogP contribution is 2.29. The minimum atomic E-state index is -2.87. The summed E-state index contributed by atoms with van der Waals surface area (Å²) in [5.74, 6) is 1.48. The van der Waals surface area contributed by atoms with E-state index >= 15 is 0 Å². The topological polar surface area (TPSA) is 46.2 Å². The van der Waals surface area contributed by atoms with Gasteiger partial charge in [0.25, 0.3) is 0 Å². The molecule has 0 unspecified atom stereocenters. The van der Waals surface area contributed by atoms with Gasteiger partial charge in [-0.15, -0.1) is 0 Å². The first-order valence-electron chi connectivity index (χ1n) is 7.07. The summed E-state index contributed by atoms with van der Waals surface area (Å²) in [6.07, 6.45) is 0. The zero-order valence-electron chi connectivity index (χ0n) is 12.3. The molecule has 1 aromatic rings. The lowest BCUT2D eigenvalue weighted by atomic mass is 10.3. The summed E-state index contributed by atoms with van der Waals surface area (Å²) >= 11 is 0. The molecule has 5 nitrogen and oxygen atoms in total. The van der Waals surface area contributed by atoms with E-state index in [9.17, 15) is 0 Å². The molecule has 20 heavy (non-hydrogen) atoms. The van der Waals surface area contributed by atoms with Gasteiger partial charge in [-0.2, -0.15) is 0 Å². The van der Waals surface area contributed by atoms with Crippen LogP contribution in [0.2, 0.25) is 0 Å². The van der Waals surface area contributed by atoms with Crippen molar-refractivity contribution in [2.45, 2.75) is 20.8 Å². The van der Waals surface area contributed by atoms with Crippen molar-refractivity contribution in [2.75, 3.05) is 33.0 Å². The number of rotatable bonds is 7. The van der Waals surface area contributed by atoms with Crippen LogP contribution in [0, 0.1) is 0 Å². The Morgan fingerprint density at radius 1 is 0.900 bits per heavy atom. The zero-order valence-corrected chi connectivity index (χ0v) is 13.3. The Kier molecular flexibility index (Phi) is 5.42. The summed E-state index contributed by atoms with van der Waals surface area (Å²) in [4.78, 5) is 0. The van der Waals surface area contributed by atoms with Gasteiger partial charge in [-0.05, 0) is 32.9 Å². The van der Waals surface area contributed by atoms with E-state index < -0.39 is 8.80 Å². The molecule has 0 fully saturated rings. The van der Waals surface area contributed by atoms with Gasteiger partial charge in [0.15, 0.2) is 11.5 Å². The highest BCUT2D eigenvalue weighted by Gasteiger charge is 2.43. The molecule has 0 radical (unpaired) electrons. The van der Waals surface area contributed by atoms with Gasteiger partial charge in [-0.3, -0.25) is 0 Å². The Bertz CT molecular complexity index is 421. The van der Waals surface area contributed by atoms with E-state index in [0.29, 0.717) is 33.0 Å². The molecule has 2 rings (SSSR count). The summed E-state index contributed by atoms with van der Waals surface area (Å²) in [5, 5.41) is 0.910. The SMILES string of the molecule is CCO[Si](OCC)(OCC)c1ccc2c(c1)OCCO2. The Hall–Kier alpha value is -1.08. The Morgan fingerprint density at radius 3 is 2.00 bits per heavy atom. The maximum Gasteiger partial charge on any atom is 0.537 e. The van der Waals surface area contributed by atoms with Crippen LogP contribution in [0.15, 0.2) is 18.2 Å². The predicted octanol–water partition coefficient (Wildman–Crippen LogP) is 1.71. The van der Waals surface area contributed by atoms with Crippen LogP contribution >= 0.6 is 0 Å². The molecule has 112 valence electrons. The van der Waals surface area contributed by atoms with Crippen LogP contribution < -0.4 is 14.7 Å². The number of ether oxygens (including phenoxy) is 2. The van der Waals surface area contributed by atoms with Crippen LogP contribution in [0.4, 0.5) is 0 Å². The molecular weight excluding hydrogens is 276 g/mol. The second-order valence-corrected chi connectivity index (χ2v) is 6.77. The lowest BCUT2D eigenvalue weighted by molar-refractivity contribution is 0.0857. The van der Waals surface area contributed by atoms with Crippen molar-refractivity contribution in [2.24, 2.45) is 0 Å². The lowest BCUT2D eigenvalue weighted by Crippen LogP contribution is -2.56. The quantitative estimate of drug-likeness (QED) is 0.717. The van der Waals surface area contributed by atoms with Crippen LogP contribution in [-0.2, 0) is 13.3 Å². The molecule has 1 aromatic carbocycles. The molecule has 0 spiro atoms. The minimum Gasteiger partial charge on any atom is -0.486 e. The summed E-state index contributed by atoms with van der Waals surface area (Å²) in [6, 6.07) is 5.76. The van der Waals surface area contributed by atoms with Crippen molar-refractivity contribution in [3.63, 3.8) is 0 Å². The Morgan fingerprint density at radius 2 is 1.45 bits per heavy atom. The van der Waals surface area contributed by atoms with E-state index in [0.717, 1.165) is 16.7 Å². The molecular formula is C14H22O5Si. The van der Waals surface area contributed by atoms with E-state index in [-0.39, 0.29) is 0 Å². The van der Waals surface area contributed by atoms with Crippen LogP contribution in [0.1, 0.15) is 20.8 Å². The van der Waals surface area contributed by atoms with Gasteiger partial charge in [0, 0.05) is 25.0 Å². The van der Waals surface area contributed by atoms with Gasteiger partial charge in [-0.25, -0.2) is 0 Å². The number of benzene rings is 1. The number of hydrogen-bond donors (Lipinski definition) is 0. The van der Waals surface area contributed by atoms with Crippen LogP contribution in [0.25, 0.3) is 0 Å².